The molecule has 1 heterocycles. The van der Waals surface area contributed by atoms with Gasteiger partial charge in [0.2, 0.25) is 0 Å². The van der Waals surface area contributed by atoms with Crippen molar-refractivity contribution in [3.8, 4) is 0 Å². The summed E-state index contributed by atoms with van der Waals surface area (Å²) in [5.74, 6) is -2.76. The third-order valence-corrected chi connectivity index (χ3v) is 4.37. The highest BCUT2D eigenvalue weighted by Crippen LogP contribution is 2.60. The van der Waals surface area contributed by atoms with Gasteiger partial charge in [-0.2, -0.15) is 13.2 Å². The van der Waals surface area contributed by atoms with Crippen LogP contribution in [0.5, 0.6) is 0 Å². The van der Waals surface area contributed by atoms with Crippen LogP contribution in [0.15, 0.2) is 27.9 Å². The molecule has 0 radical (unpaired) electrons. The highest BCUT2D eigenvalue weighted by Gasteiger charge is 2.62. The third-order valence-electron chi connectivity index (χ3n) is 4.03. The molecule has 2 atom stereocenters. The molecule has 1 aromatic heterocycles. The number of furan rings is 1. The van der Waals surface area contributed by atoms with Crippen molar-refractivity contribution in [3.63, 3.8) is 0 Å². The van der Waals surface area contributed by atoms with Crippen LogP contribution in [-0.4, -0.2) is 12.1 Å². The second-order valence-electron chi connectivity index (χ2n) is 6.10. The summed E-state index contributed by atoms with van der Waals surface area (Å²) < 4.78 is 71.7. The second kappa shape index (κ2) is 6.38. The maximum atomic E-state index is 12.5. The van der Waals surface area contributed by atoms with Crippen LogP contribution in [0, 0.1) is 17.3 Å². The SMILES string of the molecule is CC1(C)[C@H](C(=O)OCc2coc(C(F)F)c2)[C@@H]1/C=C(\Cl)C(F)(F)F. The zero-order valence-corrected chi connectivity index (χ0v) is 13.4. The van der Waals surface area contributed by atoms with Crippen LogP contribution >= 0.6 is 11.6 Å². The van der Waals surface area contributed by atoms with Gasteiger partial charge in [-0.1, -0.05) is 31.5 Å². The lowest BCUT2D eigenvalue weighted by Gasteiger charge is -2.04. The molecule has 0 unspecified atom stereocenters. The minimum Gasteiger partial charge on any atom is -0.463 e. The van der Waals surface area contributed by atoms with Gasteiger partial charge in [0.25, 0.3) is 6.43 Å². The number of carbonyl (C=O) groups is 1. The number of halogens is 6. The van der Waals surface area contributed by atoms with Crippen LogP contribution in [0.1, 0.15) is 31.6 Å². The molecular formula is C15H14ClF5O3. The fourth-order valence-corrected chi connectivity index (χ4v) is 2.66. The summed E-state index contributed by atoms with van der Waals surface area (Å²) in [4.78, 5) is 12.0. The van der Waals surface area contributed by atoms with E-state index in [-0.39, 0.29) is 12.2 Å². The number of ether oxygens (including phenoxy) is 1. The Balaban J connectivity index is 1.97. The first-order chi connectivity index (χ1) is 10.9. The summed E-state index contributed by atoms with van der Waals surface area (Å²) in [6.07, 6.45) is -5.61. The molecule has 1 aliphatic carbocycles. The van der Waals surface area contributed by atoms with Crippen molar-refractivity contribution in [1.82, 2.24) is 0 Å². The first-order valence-electron chi connectivity index (χ1n) is 6.91. The Labute approximate surface area is 139 Å². The van der Waals surface area contributed by atoms with Crippen LogP contribution in [0.2, 0.25) is 0 Å². The van der Waals surface area contributed by atoms with Crippen molar-refractivity contribution >= 4 is 17.6 Å². The smallest absolute Gasteiger partial charge is 0.426 e. The highest BCUT2D eigenvalue weighted by atomic mass is 35.5. The fraction of sp³-hybridized carbons (Fsp3) is 0.533. The van der Waals surface area contributed by atoms with E-state index in [9.17, 15) is 26.7 Å². The molecule has 1 saturated carbocycles. The molecule has 134 valence electrons. The summed E-state index contributed by atoms with van der Waals surface area (Å²) in [5, 5.41) is -1.28. The molecule has 24 heavy (non-hydrogen) atoms. The van der Waals surface area contributed by atoms with Gasteiger partial charge < -0.3 is 9.15 Å². The van der Waals surface area contributed by atoms with Gasteiger partial charge in [-0.15, -0.1) is 0 Å². The lowest BCUT2D eigenvalue weighted by Crippen LogP contribution is -2.10. The number of allylic oxidation sites excluding steroid dienone is 2. The minimum absolute atomic E-state index is 0.234. The molecule has 1 aromatic rings. The van der Waals surface area contributed by atoms with Gasteiger partial charge in [-0.25, -0.2) is 8.78 Å². The van der Waals surface area contributed by atoms with E-state index in [0.717, 1.165) is 18.4 Å². The quantitative estimate of drug-likeness (QED) is 0.525. The average molecular weight is 373 g/mol. The molecular weight excluding hydrogens is 359 g/mol. The fourth-order valence-electron chi connectivity index (χ4n) is 2.52. The molecule has 0 spiro atoms. The van der Waals surface area contributed by atoms with Crippen LogP contribution in [0.3, 0.4) is 0 Å². The molecule has 0 N–H and O–H groups in total. The topological polar surface area (TPSA) is 39.4 Å². The Morgan fingerprint density at radius 2 is 2.08 bits per heavy atom. The highest BCUT2D eigenvalue weighted by molar-refractivity contribution is 6.30. The Bertz CT molecular complexity index is 648. The number of alkyl halides is 5. The van der Waals surface area contributed by atoms with E-state index in [4.69, 9.17) is 16.3 Å². The number of carbonyl (C=O) groups excluding carboxylic acids is 1. The molecule has 0 aliphatic heterocycles. The average Bonchev–Trinajstić information content (AvgIpc) is 2.83. The summed E-state index contributed by atoms with van der Waals surface area (Å²) >= 11 is 5.20. The Morgan fingerprint density at radius 1 is 1.46 bits per heavy atom. The summed E-state index contributed by atoms with van der Waals surface area (Å²) in [6.45, 7) is 2.94. The zero-order chi connectivity index (χ0) is 18.3. The van der Waals surface area contributed by atoms with E-state index in [2.05, 4.69) is 4.42 Å². The van der Waals surface area contributed by atoms with Gasteiger partial charge in [0, 0.05) is 5.56 Å². The summed E-state index contributed by atoms with van der Waals surface area (Å²) in [5.41, 5.74) is -0.495. The molecule has 2 rings (SSSR count). The monoisotopic (exact) mass is 372 g/mol. The Morgan fingerprint density at radius 3 is 2.58 bits per heavy atom. The zero-order valence-electron chi connectivity index (χ0n) is 12.7. The van der Waals surface area contributed by atoms with Crippen molar-refractivity contribution in [3.05, 3.63) is 34.8 Å². The van der Waals surface area contributed by atoms with E-state index in [0.29, 0.717) is 0 Å². The normalized spacial score (nSPS) is 23.5. The summed E-state index contributed by atoms with van der Waals surface area (Å²) in [7, 11) is 0. The van der Waals surface area contributed by atoms with E-state index >= 15 is 0 Å². The number of hydrogen-bond acceptors (Lipinski definition) is 3. The van der Waals surface area contributed by atoms with Gasteiger partial charge in [0.05, 0.1) is 12.2 Å². The van der Waals surface area contributed by atoms with Crippen LogP contribution < -0.4 is 0 Å². The largest absolute Gasteiger partial charge is 0.463 e. The van der Waals surface area contributed by atoms with Gasteiger partial charge >= 0.3 is 12.1 Å². The van der Waals surface area contributed by atoms with Crippen LogP contribution in [0.25, 0.3) is 0 Å². The predicted octanol–water partition coefficient (Wildman–Crippen LogP) is 5.22. The van der Waals surface area contributed by atoms with E-state index in [1.807, 2.05) is 0 Å². The van der Waals surface area contributed by atoms with Crippen molar-refractivity contribution in [2.45, 2.75) is 33.1 Å². The number of hydrogen-bond donors (Lipinski definition) is 0. The van der Waals surface area contributed by atoms with Gasteiger partial charge in [0.15, 0.2) is 5.76 Å². The van der Waals surface area contributed by atoms with Crippen molar-refractivity contribution in [2.75, 3.05) is 0 Å². The van der Waals surface area contributed by atoms with E-state index in [1.165, 1.54) is 0 Å². The minimum atomic E-state index is -4.67. The van der Waals surface area contributed by atoms with Gasteiger partial charge in [-0.05, 0) is 17.4 Å². The first kappa shape index (κ1) is 18.8. The molecule has 0 saturated heterocycles. The Hall–Kier alpha value is -1.57. The standard InChI is InChI=1S/C15H14ClF5O3/c1-14(2)8(4-10(16)15(19,20)21)11(14)13(22)24-6-7-3-9(12(17)18)23-5-7/h3-5,8,11-12H,6H2,1-2H3/b10-4-/t8-,11-/m0/s1. The van der Waals surface area contributed by atoms with Gasteiger partial charge in [-0.3, -0.25) is 4.79 Å². The Kier molecular flexibility index (Phi) is 4.99. The first-order valence-corrected chi connectivity index (χ1v) is 7.29. The van der Waals surface area contributed by atoms with Crippen molar-refractivity contribution < 1.29 is 35.9 Å². The van der Waals surface area contributed by atoms with E-state index in [1.54, 1.807) is 13.8 Å². The molecule has 3 nitrogen and oxygen atoms in total. The van der Waals surface area contributed by atoms with Gasteiger partial charge in [0.1, 0.15) is 11.6 Å². The van der Waals surface area contributed by atoms with Crippen LogP contribution in [0.4, 0.5) is 22.0 Å². The molecule has 0 bridgehead atoms. The number of esters is 1. The lowest BCUT2D eigenvalue weighted by molar-refractivity contribution is -0.147. The molecule has 0 aromatic carbocycles. The predicted molar refractivity (Wildman–Crippen MR) is 74.2 cm³/mol. The maximum absolute atomic E-state index is 12.5. The third kappa shape index (κ3) is 3.91. The van der Waals surface area contributed by atoms with Crippen LogP contribution in [-0.2, 0) is 16.1 Å². The van der Waals surface area contributed by atoms with Crippen molar-refractivity contribution in [2.24, 2.45) is 17.3 Å². The van der Waals surface area contributed by atoms with Crippen molar-refractivity contribution in [1.29, 1.82) is 0 Å². The van der Waals surface area contributed by atoms with E-state index < -0.39 is 46.6 Å². The molecule has 9 heteroatoms. The molecule has 0 amide bonds. The lowest BCUT2D eigenvalue weighted by atomic mass is 10.1. The second-order valence-corrected chi connectivity index (χ2v) is 6.51. The maximum Gasteiger partial charge on any atom is 0.426 e. The molecule has 1 aliphatic rings. The molecule has 1 fully saturated rings. The summed E-state index contributed by atoms with van der Waals surface area (Å²) in [6, 6.07) is 1.05. The number of rotatable bonds is 5.